The summed E-state index contributed by atoms with van der Waals surface area (Å²) in [5.41, 5.74) is 1.01. The fraction of sp³-hybridized carbons (Fsp3) is 0.0625. The van der Waals surface area contributed by atoms with Crippen LogP contribution in [0.1, 0.15) is 17.3 Å². The predicted molar refractivity (Wildman–Crippen MR) is 85.3 cm³/mol. The number of carbonyl (C=O) groups is 1. The van der Waals surface area contributed by atoms with Crippen LogP contribution in [0.25, 0.3) is 11.0 Å². The first-order valence-electron chi connectivity index (χ1n) is 6.09. The minimum Gasteiger partial charge on any atom is -0.506 e. The van der Waals surface area contributed by atoms with Crippen molar-refractivity contribution in [3.63, 3.8) is 0 Å². The lowest BCUT2D eigenvalue weighted by molar-refractivity contribution is 0.103. The van der Waals surface area contributed by atoms with Gasteiger partial charge in [0.15, 0.2) is 11.4 Å². The van der Waals surface area contributed by atoms with E-state index in [9.17, 15) is 9.90 Å². The van der Waals surface area contributed by atoms with E-state index in [-0.39, 0.29) is 27.2 Å². The SMILES string of the molecule is C=C/C=C(\C=C/C)C(=O)c1coc2c(Cl)c(Cl)c(O)cc12. The van der Waals surface area contributed by atoms with Crippen molar-refractivity contribution in [3.05, 3.63) is 64.4 Å². The van der Waals surface area contributed by atoms with Gasteiger partial charge in [0.1, 0.15) is 22.1 Å². The molecule has 0 aliphatic carbocycles. The predicted octanol–water partition coefficient (Wildman–Crippen LogP) is 5.32. The highest BCUT2D eigenvalue weighted by atomic mass is 35.5. The van der Waals surface area contributed by atoms with Gasteiger partial charge >= 0.3 is 0 Å². The van der Waals surface area contributed by atoms with Gasteiger partial charge in [-0.15, -0.1) is 0 Å². The number of phenolic OH excluding ortho intramolecular Hbond substituents is 1. The van der Waals surface area contributed by atoms with Crippen LogP contribution >= 0.6 is 23.2 Å². The number of aromatic hydroxyl groups is 1. The highest BCUT2D eigenvalue weighted by Gasteiger charge is 2.20. The first kappa shape index (κ1) is 15.4. The Bertz CT molecular complexity index is 782. The quantitative estimate of drug-likeness (QED) is 0.471. The molecule has 0 radical (unpaired) electrons. The molecule has 0 bridgehead atoms. The second-order valence-electron chi connectivity index (χ2n) is 4.24. The van der Waals surface area contributed by atoms with E-state index in [1.54, 1.807) is 25.2 Å². The zero-order chi connectivity index (χ0) is 15.6. The van der Waals surface area contributed by atoms with Crippen molar-refractivity contribution >= 4 is 40.0 Å². The molecule has 21 heavy (non-hydrogen) atoms. The standard InChI is InChI=1S/C16H12Cl2O3/c1-3-5-9(6-4-2)15(20)11-8-21-16-10(11)7-12(19)13(17)14(16)18/h3-8,19H,1H2,2H3/b6-4-,9-5+. The normalized spacial score (nSPS) is 12.2. The molecule has 0 amide bonds. The second kappa shape index (κ2) is 6.20. The number of Topliss-reactive ketones (excluding diaryl/α,β-unsaturated/α-hetero) is 1. The minimum absolute atomic E-state index is 0.00664. The molecular weight excluding hydrogens is 311 g/mol. The molecular formula is C16H12Cl2O3. The molecule has 1 heterocycles. The van der Waals surface area contributed by atoms with Gasteiger partial charge in [-0.25, -0.2) is 0 Å². The Kier molecular flexibility index (Phi) is 4.56. The molecule has 0 saturated heterocycles. The maximum Gasteiger partial charge on any atom is 0.196 e. The number of benzene rings is 1. The highest BCUT2D eigenvalue weighted by molar-refractivity contribution is 6.46. The van der Waals surface area contributed by atoms with Gasteiger partial charge in [0.2, 0.25) is 0 Å². The highest BCUT2D eigenvalue weighted by Crippen LogP contribution is 2.40. The van der Waals surface area contributed by atoms with Gasteiger partial charge in [0.05, 0.1) is 5.56 Å². The maximum atomic E-state index is 12.5. The number of rotatable bonds is 4. The lowest BCUT2D eigenvalue weighted by Gasteiger charge is -2.02. The molecule has 0 fully saturated rings. The van der Waals surface area contributed by atoms with Crippen LogP contribution in [0.15, 0.2) is 53.2 Å². The summed E-state index contributed by atoms with van der Waals surface area (Å²) in [6.45, 7) is 5.39. The molecule has 0 unspecified atom stereocenters. The van der Waals surface area contributed by atoms with Crippen LogP contribution in [0.2, 0.25) is 10.0 Å². The van der Waals surface area contributed by atoms with E-state index in [1.165, 1.54) is 18.4 Å². The first-order chi connectivity index (χ1) is 10.0. The van der Waals surface area contributed by atoms with E-state index in [0.717, 1.165) is 0 Å². The molecule has 2 rings (SSSR count). The van der Waals surface area contributed by atoms with Crippen molar-refractivity contribution in [2.24, 2.45) is 0 Å². The van der Waals surface area contributed by atoms with Crippen LogP contribution in [-0.4, -0.2) is 10.9 Å². The first-order valence-corrected chi connectivity index (χ1v) is 6.85. The van der Waals surface area contributed by atoms with Gasteiger partial charge in [-0.3, -0.25) is 4.79 Å². The van der Waals surface area contributed by atoms with Crippen molar-refractivity contribution < 1.29 is 14.3 Å². The fourth-order valence-corrected chi connectivity index (χ4v) is 2.32. The zero-order valence-electron chi connectivity index (χ0n) is 11.2. The van der Waals surface area contributed by atoms with E-state index in [0.29, 0.717) is 16.5 Å². The van der Waals surface area contributed by atoms with Gasteiger partial charge in [0, 0.05) is 11.0 Å². The molecule has 0 atom stereocenters. The van der Waals surface area contributed by atoms with Gasteiger partial charge in [0.25, 0.3) is 0 Å². The number of carbonyl (C=O) groups excluding carboxylic acids is 1. The molecule has 1 aromatic carbocycles. The number of hydrogen-bond acceptors (Lipinski definition) is 3. The molecule has 108 valence electrons. The van der Waals surface area contributed by atoms with Crippen LogP contribution in [-0.2, 0) is 0 Å². The Balaban J connectivity index is 2.65. The van der Waals surface area contributed by atoms with Gasteiger partial charge in [-0.1, -0.05) is 54.1 Å². The Hall–Kier alpha value is -1.97. The van der Waals surface area contributed by atoms with Crippen molar-refractivity contribution in [2.75, 3.05) is 0 Å². The lowest BCUT2D eigenvalue weighted by atomic mass is 10.0. The van der Waals surface area contributed by atoms with Crippen molar-refractivity contribution in [2.45, 2.75) is 6.92 Å². The Morgan fingerprint density at radius 3 is 2.71 bits per heavy atom. The van der Waals surface area contributed by atoms with E-state index in [4.69, 9.17) is 27.6 Å². The number of furan rings is 1. The average Bonchev–Trinajstić information content (AvgIpc) is 2.87. The summed E-state index contributed by atoms with van der Waals surface area (Å²) >= 11 is 11.9. The Labute approximate surface area is 131 Å². The maximum absolute atomic E-state index is 12.5. The molecule has 5 heteroatoms. The van der Waals surface area contributed by atoms with Crippen LogP contribution in [0, 0.1) is 0 Å². The summed E-state index contributed by atoms with van der Waals surface area (Å²) in [6, 6.07) is 1.36. The van der Waals surface area contributed by atoms with Crippen LogP contribution in [0.5, 0.6) is 5.75 Å². The summed E-state index contributed by atoms with van der Waals surface area (Å²) in [5.74, 6) is -0.463. The molecule has 2 aromatic rings. The Morgan fingerprint density at radius 2 is 2.10 bits per heavy atom. The molecule has 3 nitrogen and oxygen atoms in total. The van der Waals surface area contributed by atoms with Gasteiger partial charge in [-0.2, -0.15) is 0 Å². The van der Waals surface area contributed by atoms with Crippen LogP contribution in [0.3, 0.4) is 0 Å². The van der Waals surface area contributed by atoms with Crippen LogP contribution < -0.4 is 0 Å². The molecule has 0 saturated carbocycles. The third-order valence-electron chi connectivity index (χ3n) is 2.88. The molecule has 0 spiro atoms. The summed E-state index contributed by atoms with van der Waals surface area (Å²) in [6.07, 6.45) is 7.83. The molecule has 0 aliphatic heterocycles. The molecule has 1 N–H and O–H groups in total. The van der Waals surface area contributed by atoms with Crippen molar-refractivity contribution in [1.29, 1.82) is 0 Å². The number of allylic oxidation sites excluding steroid dienone is 5. The van der Waals surface area contributed by atoms with Gasteiger partial charge < -0.3 is 9.52 Å². The third kappa shape index (κ3) is 2.75. The average molecular weight is 323 g/mol. The second-order valence-corrected chi connectivity index (χ2v) is 4.99. The topological polar surface area (TPSA) is 50.4 Å². The summed E-state index contributed by atoms with van der Waals surface area (Å²) in [4.78, 5) is 12.5. The van der Waals surface area contributed by atoms with E-state index in [1.807, 2.05) is 0 Å². The van der Waals surface area contributed by atoms with Crippen LogP contribution in [0.4, 0.5) is 0 Å². The summed E-state index contributed by atoms with van der Waals surface area (Å²) in [7, 11) is 0. The van der Waals surface area contributed by atoms with E-state index >= 15 is 0 Å². The summed E-state index contributed by atoms with van der Waals surface area (Å²) in [5, 5.41) is 10.2. The Morgan fingerprint density at radius 1 is 1.38 bits per heavy atom. The number of ketones is 1. The molecule has 1 aromatic heterocycles. The number of hydrogen-bond donors (Lipinski definition) is 1. The van der Waals surface area contributed by atoms with Crippen molar-refractivity contribution in [1.82, 2.24) is 0 Å². The monoisotopic (exact) mass is 322 g/mol. The number of phenols is 1. The third-order valence-corrected chi connectivity index (χ3v) is 3.72. The summed E-state index contributed by atoms with van der Waals surface area (Å²) < 4.78 is 5.32. The van der Waals surface area contributed by atoms with E-state index in [2.05, 4.69) is 6.58 Å². The van der Waals surface area contributed by atoms with E-state index < -0.39 is 0 Å². The number of fused-ring (bicyclic) bond motifs is 1. The largest absolute Gasteiger partial charge is 0.506 e. The zero-order valence-corrected chi connectivity index (χ0v) is 12.7. The van der Waals surface area contributed by atoms with Gasteiger partial charge in [-0.05, 0) is 13.0 Å². The smallest absolute Gasteiger partial charge is 0.196 e. The minimum atomic E-state index is -0.260. The number of halogens is 2. The van der Waals surface area contributed by atoms with Crippen molar-refractivity contribution in [3.8, 4) is 5.75 Å². The fourth-order valence-electron chi connectivity index (χ4n) is 1.94. The molecule has 0 aliphatic rings. The lowest BCUT2D eigenvalue weighted by Crippen LogP contribution is -2.00.